The van der Waals surface area contributed by atoms with Gasteiger partial charge in [-0.05, 0) is 12.8 Å². The van der Waals surface area contributed by atoms with Crippen LogP contribution in [0.25, 0.3) is 0 Å². The summed E-state index contributed by atoms with van der Waals surface area (Å²) in [7, 11) is 0. The van der Waals surface area contributed by atoms with Crippen molar-refractivity contribution in [3.8, 4) is 6.07 Å². The van der Waals surface area contributed by atoms with E-state index in [1.54, 1.807) is 6.92 Å². The second kappa shape index (κ2) is 6.39. The Morgan fingerprint density at radius 1 is 1.57 bits per heavy atom. The lowest BCUT2D eigenvalue weighted by atomic mass is 9.99. The highest BCUT2D eigenvalue weighted by Crippen LogP contribution is 2.05. The second-order valence-corrected chi connectivity index (χ2v) is 3.68. The molecule has 0 saturated heterocycles. The van der Waals surface area contributed by atoms with Gasteiger partial charge in [0.1, 0.15) is 0 Å². The first kappa shape index (κ1) is 12.9. The number of rotatable bonds is 5. The molecule has 0 heterocycles. The van der Waals surface area contributed by atoms with Crippen molar-refractivity contribution in [2.24, 2.45) is 11.7 Å². The van der Waals surface area contributed by atoms with Crippen LogP contribution >= 0.6 is 0 Å². The zero-order valence-electron chi connectivity index (χ0n) is 9.08. The van der Waals surface area contributed by atoms with E-state index in [1.165, 1.54) is 0 Å². The first-order valence-corrected chi connectivity index (χ1v) is 4.95. The van der Waals surface area contributed by atoms with Gasteiger partial charge in [0.2, 0.25) is 5.91 Å². The maximum Gasteiger partial charge on any atom is 0.237 e. The van der Waals surface area contributed by atoms with Crippen molar-refractivity contribution in [3.63, 3.8) is 0 Å². The molecule has 4 nitrogen and oxygen atoms in total. The van der Waals surface area contributed by atoms with Crippen LogP contribution in [0.3, 0.4) is 0 Å². The molecule has 0 spiro atoms. The van der Waals surface area contributed by atoms with Gasteiger partial charge in [-0.1, -0.05) is 20.3 Å². The average molecular weight is 197 g/mol. The lowest BCUT2D eigenvalue weighted by Gasteiger charge is -2.19. The summed E-state index contributed by atoms with van der Waals surface area (Å²) in [5, 5.41) is 11.1. The number of nitriles is 1. The van der Waals surface area contributed by atoms with Crippen molar-refractivity contribution in [1.29, 1.82) is 5.26 Å². The lowest BCUT2D eigenvalue weighted by Crippen LogP contribution is -2.47. The van der Waals surface area contributed by atoms with E-state index in [1.807, 2.05) is 19.9 Å². The third-order valence-electron chi connectivity index (χ3n) is 2.35. The van der Waals surface area contributed by atoms with Crippen molar-refractivity contribution in [1.82, 2.24) is 5.32 Å². The summed E-state index contributed by atoms with van der Waals surface area (Å²) in [4.78, 5) is 11.5. The fourth-order valence-corrected chi connectivity index (χ4v) is 1.04. The first-order valence-electron chi connectivity index (χ1n) is 4.95. The Morgan fingerprint density at radius 2 is 2.14 bits per heavy atom. The zero-order valence-corrected chi connectivity index (χ0v) is 9.08. The number of hydrogen-bond donors (Lipinski definition) is 2. The van der Waals surface area contributed by atoms with Gasteiger partial charge < -0.3 is 11.1 Å². The van der Waals surface area contributed by atoms with Crippen LogP contribution in [0.15, 0.2) is 0 Å². The normalized spacial score (nSPS) is 16.5. The minimum absolute atomic E-state index is 0.123. The number of amides is 1. The minimum atomic E-state index is -0.471. The number of hydrogen-bond acceptors (Lipinski definition) is 3. The second-order valence-electron chi connectivity index (χ2n) is 3.68. The maximum absolute atomic E-state index is 11.5. The molecule has 3 N–H and O–H groups in total. The highest BCUT2D eigenvalue weighted by Gasteiger charge is 2.20. The average Bonchev–Trinajstić information content (AvgIpc) is 2.15. The first-order chi connectivity index (χ1) is 6.52. The highest BCUT2D eigenvalue weighted by molar-refractivity contribution is 5.82. The Balaban J connectivity index is 4.02. The molecule has 1 amide bonds. The monoisotopic (exact) mass is 197 g/mol. The Hall–Kier alpha value is -1.08. The van der Waals surface area contributed by atoms with Gasteiger partial charge >= 0.3 is 0 Å². The predicted octanol–water partition coefficient (Wildman–Crippen LogP) is 0.778. The number of nitrogens with one attached hydrogen (secondary N) is 1. The molecule has 0 aliphatic heterocycles. The van der Waals surface area contributed by atoms with Crippen LogP contribution in [0.5, 0.6) is 0 Å². The van der Waals surface area contributed by atoms with Crippen LogP contribution in [-0.2, 0) is 4.79 Å². The molecule has 0 bridgehead atoms. The molecule has 4 heteroatoms. The molecular formula is C10H19N3O. The summed E-state index contributed by atoms with van der Waals surface area (Å²) in [6, 6.07) is 1.41. The van der Waals surface area contributed by atoms with Crippen LogP contribution in [0.2, 0.25) is 0 Å². The van der Waals surface area contributed by atoms with Crippen LogP contribution < -0.4 is 11.1 Å². The molecule has 0 fully saturated rings. The molecule has 0 aliphatic carbocycles. The molecule has 0 aromatic rings. The van der Waals surface area contributed by atoms with Crippen LogP contribution in [0.4, 0.5) is 0 Å². The van der Waals surface area contributed by atoms with Crippen molar-refractivity contribution < 1.29 is 4.79 Å². The summed E-state index contributed by atoms with van der Waals surface area (Å²) in [5.74, 6) is 0.00591. The van der Waals surface area contributed by atoms with Gasteiger partial charge in [-0.25, -0.2) is 0 Å². The van der Waals surface area contributed by atoms with E-state index >= 15 is 0 Å². The molecule has 0 rings (SSSR count). The number of carbonyl (C=O) groups excluding carboxylic acids is 1. The smallest absolute Gasteiger partial charge is 0.237 e. The van der Waals surface area contributed by atoms with E-state index in [4.69, 9.17) is 11.0 Å². The maximum atomic E-state index is 11.5. The van der Waals surface area contributed by atoms with Crippen LogP contribution in [0.1, 0.15) is 33.6 Å². The largest absolute Gasteiger partial charge is 0.351 e. The van der Waals surface area contributed by atoms with E-state index < -0.39 is 6.04 Å². The summed E-state index contributed by atoms with van der Waals surface area (Å²) < 4.78 is 0. The topological polar surface area (TPSA) is 78.9 Å². The SMILES string of the molecule is CCC(C)C(N)C(=O)NC(C)CC#N. The number of nitrogens with two attached hydrogens (primary N) is 1. The van der Waals surface area contributed by atoms with Crippen molar-refractivity contribution in [2.45, 2.75) is 45.7 Å². The van der Waals surface area contributed by atoms with Crippen molar-refractivity contribution in [3.05, 3.63) is 0 Å². The van der Waals surface area contributed by atoms with Gasteiger partial charge in [-0.2, -0.15) is 5.26 Å². The lowest BCUT2D eigenvalue weighted by molar-refractivity contribution is -0.123. The molecular weight excluding hydrogens is 178 g/mol. The minimum Gasteiger partial charge on any atom is -0.351 e. The third kappa shape index (κ3) is 4.24. The Labute approximate surface area is 85.5 Å². The summed E-state index contributed by atoms with van der Waals surface area (Å²) >= 11 is 0. The molecule has 0 saturated carbocycles. The standard InChI is InChI=1S/C10H19N3O/c1-4-7(2)9(12)10(14)13-8(3)5-6-11/h7-9H,4-5,12H2,1-3H3,(H,13,14). The molecule has 3 atom stereocenters. The summed E-state index contributed by atoms with van der Waals surface area (Å²) in [6.45, 7) is 5.74. The Kier molecular flexibility index (Phi) is 5.89. The summed E-state index contributed by atoms with van der Waals surface area (Å²) in [5.41, 5.74) is 5.72. The van der Waals surface area contributed by atoms with Gasteiger partial charge in [-0.3, -0.25) is 4.79 Å². The number of carbonyl (C=O) groups is 1. The third-order valence-corrected chi connectivity index (χ3v) is 2.35. The van der Waals surface area contributed by atoms with Gasteiger partial charge in [0.15, 0.2) is 0 Å². The van der Waals surface area contributed by atoms with Crippen molar-refractivity contribution in [2.75, 3.05) is 0 Å². The fourth-order valence-electron chi connectivity index (χ4n) is 1.04. The van der Waals surface area contributed by atoms with E-state index in [0.29, 0.717) is 6.42 Å². The zero-order chi connectivity index (χ0) is 11.1. The molecule has 14 heavy (non-hydrogen) atoms. The Bertz CT molecular complexity index is 222. The van der Waals surface area contributed by atoms with Gasteiger partial charge in [-0.15, -0.1) is 0 Å². The van der Waals surface area contributed by atoms with E-state index in [9.17, 15) is 4.79 Å². The van der Waals surface area contributed by atoms with Gasteiger partial charge in [0.05, 0.1) is 18.5 Å². The molecule has 0 aromatic heterocycles. The Morgan fingerprint density at radius 3 is 2.57 bits per heavy atom. The number of nitrogens with zero attached hydrogens (tertiary/aromatic N) is 1. The van der Waals surface area contributed by atoms with Crippen LogP contribution in [-0.4, -0.2) is 18.0 Å². The molecule has 80 valence electrons. The quantitative estimate of drug-likeness (QED) is 0.683. The molecule has 0 aliphatic rings. The van der Waals surface area contributed by atoms with Gasteiger partial charge in [0.25, 0.3) is 0 Å². The predicted molar refractivity (Wildman–Crippen MR) is 55.3 cm³/mol. The van der Waals surface area contributed by atoms with Crippen molar-refractivity contribution >= 4 is 5.91 Å². The van der Waals surface area contributed by atoms with E-state index in [-0.39, 0.29) is 17.9 Å². The highest BCUT2D eigenvalue weighted by atomic mass is 16.2. The van der Waals surface area contributed by atoms with E-state index in [2.05, 4.69) is 5.32 Å². The molecule has 3 unspecified atom stereocenters. The van der Waals surface area contributed by atoms with Gasteiger partial charge in [0, 0.05) is 6.04 Å². The molecule has 0 radical (unpaired) electrons. The van der Waals surface area contributed by atoms with E-state index in [0.717, 1.165) is 6.42 Å². The molecule has 0 aromatic carbocycles. The summed E-state index contributed by atoms with van der Waals surface area (Å²) in [6.07, 6.45) is 1.19. The fraction of sp³-hybridized carbons (Fsp3) is 0.800. The van der Waals surface area contributed by atoms with Crippen LogP contribution in [0, 0.1) is 17.2 Å².